The van der Waals surface area contributed by atoms with Crippen LogP contribution in [0.3, 0.4) is 0 Å². The molecule has 3 aromatic rings. The molecule has 0 aliphatic heterocycles. The van der Waals surface area contributed by atoms with E-state index in [-0.39, 0.29) is 5.04 Å². The van der Waals surface area contributed by atoms with E-state index in [0.717, 1.165) is 29.1 Å². The highest BCUT2D eigenvalue weighted by atomic mass is 28.3. The summed E-state index contributed by atoms with van der Waals surface area (Å²) in [6.45, 7) is 12.8. The third-order valence-corrected chi connectivity index (χ3v) is 8.00. The molecule has 1 radical (unpaired) electrons. The molecule has 32 heavy (non-hydrogen) atoms. The van der Waals surface area contributed by atoms with Crippen molar-refractivity contribution in [3.63, 3.8) is 0 Å². The number of anilines is 1. The number of ether oxygens (including phenoxy) is 1. The van der Waals surface area contributed by atoms with Gasteiger partial charge < -0.3 is 14.1 Å². The molecule has 0 amide bonds. The average molecular weight is 445 g/mol. The molecule has 0 atom stereocenters. The Bertz CT molecular complexity index is 983. The molecule has 0 heterocycles. The Morgan fingerprint density at radius 2 is 1.59 bits per heavy atom. The summed E-state index contributed by atoms with van der Waals surface area (Å²) in [4.78, 5) is 2.22. The highest BCUT2D eigenvalue weighted by Gasteiger charge is 2.30. The van der Waals surface area contributed by atoms with Crippen LogP contribution in [0.4, 0.5) is 5.69 Å². The van der Waals surface area contributed by atoms with Crippen LogP contribution in [0.25, 0.3) is 6.08 Å². The van der Waals surface area contributed by atoms with Crippen LogP contribution in [0.15, 0.2) is 85.4 Å². The van der Waals surface area contributed by atoms with Gasteiger partial charge in [-0.05, 0) is 27.9 Å². The molecule has 0 N–H and O–H groups in total. The van der Waals surface area contributed by atoms with E-state index in [1.165, 1.54) is 5.19 Å². The summed E-state index contributed by atoms with van der Waals surface area (Å²) in [7, 11) is 0.960. The maximum absolute atomic E-state index is 6.48. The fourth-order valence-electron chi connectivity index (χ4n) is 3.53. The van der Waals surface area contributed by atoms with Crippen molar-refractivity contribution in [1.29, 1.82) is 0 Å². The van der Waals surface area contributed by atoms with Crippen molar-refractivity contribution in [2.24, 2.45) is 0 Å². The molecule has 0 unspecified atom stereocenters. The highest BCUT2D eigenvalue weighted by Crippen LogP contribution is 2.29. The van der Waals surface area contributed by atoms with Gasteiger partial charge in [-0.15, -0.1) is 0 Å². The van der Waals surface area contributed by atoms with Gasteiger partial charge >= 0.3 is 0 Å². The molecule has 0 aliphatic rings. The monoisotopic (exact) mass is 444 g/mol. The maximum Gasteiger partial charge on any atom is 0.252 e. The Morgan fingerprint density at radius 1 is 0.938 bits per heavy atom. The van der Waals surface area contributed by atoms with Gasteiger partial charge in [0.15, 0.2) is 0 Å². The molecule has 0 saturated heterocycles. The van der Waals surface area contributed by atoms with E-state index in [1.807, 2.05) is 24.3 Å². The quantitative estimate of drug-likeness (QED) is 0.355. The predicted molar refractivity (Wildman–Crippen MR) is 138 cm³/mol. The summed E-state index contributed by atoms with van der Waals surface area (Å²) in [5, 5.41) is 1.44. The van der Waals surface area contributed by atoms with Crippen LogP contribution < -0.4 is 14.8 Å². The van der Waals surface area contributed by atoms with Crippen LogP contribution in [0.2, 0.25) is 5.04 Å². The van der Waals surface area contributed by atoms with Crippen molar-refractivity contribution >= 4 is 26.0 Å². The number of hydrogen-bond acceptors (Lipinski definition) is 3. The van der Waals surface area contributed by atoms with Crippen LogP contribution in [0, 0.1) is 0 Å². The lowest BCUT2D eigenvalue weighted by atomic mass is 10.1. The molecule has 3 nitrogen and oxygen atoms in total. The summed E-state index contributed by atoms with van der Waals surface area (Å²) in [6.07, 6.45) is 1.84. The number of benzene rings is 3. The van der Waals surface area contributed by atoms with Gasteiger partial charge in [0.25, 0.3) is 9.04 Å². The standard InChI is InChI=1S/C28H34NO2Si/c1-6-24-17-18-25(21-27(24)30-22-23-13-9-7-10-14-23)29(5)19-20-31-32(28(2,3)4)26-15-11-8-12-16-26/h6-18,21H,1,19-20,22H2,2-5H3. The Hall–Kier alpha value is -2.82. The number of likely N-dealkylation sites (N-methyl/N-ethyl adjacent to an activating group) is 1. The van der Waals surface area contributed by atoms with Crippen LogP contribution in [0.1, 0.15) is 31.9 Å². The summed E-state index contributed by atoms with van der Waals surface area (Å²) in [5.41, 5.74) is 3.25. The summed E-state index contributed by atoms with van der Waals surface area (Å²) < 4.78 is 12.6. The lowest BCUT2D eigenvalue weighted by Gasteiger charge is -2.29. The Morgan fingerprint density at radius 3 is 2.22 bits per heavy atom. The fraction of sp³-hybridized carbons (Fsp3) is 0.286. The van der Waals surface area contributed by atoms with E-state index in [2.05, 4.69) is 100.0 Å². The molecule has 3 rings (SSSR count). The minimum Gasteiger partial charge on any atom is -0.488 e. The number of hydrogen-bond donors (Lipinski definition) is 0. The number of rotatable bonds is 10. The van der Waals surface area contributed by atoms with Gasteiger partial charge in [0.1, 0.15) is 12.4 Å². The van der Waals surface area contributed by atoms with Crippen molar-refractivity contribution in [1.82, 2.24) is 0 Å². The van der Waals surface area contributed by atoms with Gasteiger partial charge in [-0.25, -0.2) is 0 Å². The van der Waals surface area contributed by atoms with Gasteiger partial charge in [-0.2, -0.15) is 0 Å². The molecule has 0 saturated carbocycles. The number of nitrogens with zero attached hydrogens (tertiary/aromatic N) is 1. The van der Waals surface area contributed by atoms with Crippen LogP contribution >= 0.6 is 0 Å². The molecule has 3 aromatic carbocycles. The molecule has 0 aliphatic carbocycles. The Balaban J connectivity index is 1.64. The minimum atomic E-state index is -1.14. The van der Waals surface area contributed by atoms with Gasteiger partial charge in [0, 0.05) is 30.9 Å². The molecule has 0 aromatic heterocycles. The highest BCUT2D eigenvalue weighted by molar-refractivity contribution is 6.70. The Labute approximate surface area is 195 Å². The molecule has 167 valence electrons. The summed E-state index contributed by atoms with van der Waals surface area (Å²) >= 11 is 0. The van der Waals surface area contributed by atoms with Crippen LogP contribution in [0.5, 0.6) is 5.75 Å². The van der Waals surface area contributed by atoms with E-state index < -0.39 is 9.04 Å². The first-order valence-electron chi connectivity index (χ1n) is 11.1. The van der Waals surface area contributed by atoms with Gasteiger partial charge in [-0.3, -0.25) is 0 Å². The van der Waals surface area contributed by atoms with Crippen molar-refractivity contribution in [2.45, 2.75) is 32.4 Å². The molecule has 0 spiro atoms. The zero-order valence-electron chi connectivity index (χ0n) is 19.7. The fourth-order valence-corrected chi connectivity index (χ4v) is 5.78. The third-order valence-electron chi connectivity index (χ3n) is 5.29. The minimum absolute atomic E-state index is 0.120. The van der Waals surface area contributed by atoms with E-state index in [9.17, 15) is 0 Å². The van der Waals surface area contributed by atoms with E-state index in [0.29, 0.717) is 13.2 Å². The molecular weight excluding hydrogens is 410 g/mol. The first-order valence-corrected chi connectivity index (χ1v) is 12.5. The van der Waals surface area contributed by atoms with Gasteiger partial charge in [0.05, 0.1) is 6.61 Å². The van der Waals surface area contributed by atoms with Crippen molar-refractivity contribution in [3.05, 3.63) is 96.6 Å². The lowest BCUT2D eigenvalue weighted by Crippen LogP contribution is -2.43. The molecular formula is C28H34NO2Si. The maximum atomic E-state index is 6.48. The van der Waals surface area contributed by atoms with Gasteiger partial charge in [-0.1, -0.05) is 94.1 Å². The smallest absolute Gasteiger partial charge is 0.252 e. The second kappa shape index (κ2) is 11.2. The SMILES string of the molecule is C=Cc1ccc(N(C)CCO[Si](c2ccccc2)C(C)(C)C)cc1OCc1ccccc1. The van der Waals surface area contributed by atoms with E-state index >= 15 is 0 Å². The second-order valence-corrected chi connectivity index (χ2v) is 11.9. The second-order valence-electron chi connectivity index (χ2n) is 8.92. The van der Waals surface area contributed by atoms with Crippen molar-refractivity contribution in [2.75, 3.05) is 25.1 Å². The lowest BCUT2D eigenvalue weighted by molar-refractivity contribution is 0.305. The average Bonchev–Trinajstić information content (AvgIpc) is 2.80. The summed E-state index contributed by atoms with van der Waals surface area (Å²) in [6, 6.07) is 27.1. The first-order chi connectivity index (χ1) is 15.4. The summed E-state index contributed by atoms with van der Waals surface area (Å²) in [5.74, 6) is 0.845. The third kappa shape index (κ3) is 6.59. The molecule has 0 fully saturated rings. The van der Waals surface area contributed by atoms with E-state index in [1.54, 1.807) is 0 Å². The normalized spacial score (nSPS) is 11.4. The topological polar surface area (TPSA) is 21.7 Å². The zero-order valence-corrected chi connectivity index (χ0v) is 20.7. The van der Waals surface area contributed by atoms with E-state index in [4.69, 9.17) is 9.16 Å². The van der Waals surface area contributed by atoms with Crippen LogP contribution in [-0.4, -0.2) is 29.2 Å². The van der Waals surface area contributed by atoms with Crippen molar-refractivity contribution in [3.8, 4) is 5.75 Å². The van der Waals surface area contributed by atoms with Crippen LogP contribution in [-0.2, 0) is 11.0 Å². The Kier molecular flexibility index (Phi) is 8.31. The zero-order chi connectivity index (χ0) is 23.0. The molecule has 0 bridgehead atoms. The van der Waals surface area contributed by atoms with Gasteiger partial charge in [0.2, 0.25) is 0 Å². The largest absolute Gasteiger partial charge is 0.488 e. The first kappa shape index (κ1) is 23.8. The predicted octanol–water partition coefficient (Wildman–Crippen LogP) is 6.06. The van der Waals surface area contributed by atoms with Crippen molar-refractivity contribution < 1.29 is 9.16 Å². The molecule has 4 heteroatoms.